The molecule has 5 aromatic rings. The summed E-state index contributed by atoms with van der Waals surface area (Å²) in [6.07, 6.45) is 19.1. The van der Waals surface area contributed by atoms with Crippen LogP contribution < -0.4 is 20.3 Å². The topological polar surface area (TPSA) is 183 Å². The number of hydrogen-bond acceptors (Lipinski definition) is 13. The molecular formula is C62H73F2N9O7. The number of methoxy groups -OCH3 is 1. The first kappa shape index (κ1) is 57.2. The van der Waals surface area contributed by atoms with E-state index in [4.69, 9.17) is 20.9 Å². The van der Waals surface area contributed by atoms with Crippen molar-refractivity contribution in [1.82, 2.24) is 35.0 Å². The molecule has 3 amide bonds. The van der Waals surface area contributed by atoms with Crippen LogP contribution in [0.2, 0.25) is 0 Å². The highest BCUT2D eigenvalue weighted by atomic mass is 19.1. The molecule has 3 unspecified atom stereocenters. The molecular weight excluding hydrogens is 1020 g/mol. The minimum atomic E-state index is -0.730. The normalized spacial score (nSPS) is 22.5. The van der Waals surface area contributed by atoms with E-state index in [9.17, 15) is 28.7 Å². The van der Waals surface area contributed by atoms with Crippen molar-refractivity contribution in [2.45, 2.75) is 102 Å². The molecule has 0 aliphatic carbocycles. The molecule has 2 aromatic heterocycles. The number of rotatable bonds is 16. The quantitative estimate of drug-likeness (QED) is 0.0368. The summed E-state index contributed by atoms with van der Waals surface area (Å²) in [5.41, 5.74) is 2.98. The van der Waals surface area contributed by atoms with Gasteiger partial charge in [0.1, 0.15) is 41.2 Å². The third kappa shape index (κ3) is 12.3. The fourth-order valence-corrected chi connectivity index (χ4v) is 12.6. The van der Waals surface area contributed by atoms with Gasteiger partial charge in [-0.15, -0.1) is 6.42 Å². The number of anilines is 2. The molecule has 5 aliphatic rings. The number of likely N-dealkylation sites (tertiary alicyclic amines) is 1. The number of phenolic OH excluding ortho intramolecular Hbond substituents is 1. The second-order valence-corrected chi connectivity index (χ2v) is 22.7. The lowest BCUT2D eigenvalue weighted by Gasteiger charge is -2.34. The van der Waals surface area contributed by atoms with Crippen LogP contribution in [0.5, 0.6) is 11.8 Å². The highest BCUT2D eigenvalue weighted by Crippen LogP contribution is 2.45. The molecule has 5 aliphatic heterocycles. The molecule has 5 atom stereocenters. The van der Waals surface area contributed by atoms with Gasteiger partial charge in [-0.1, -0.05) is 44.6 Å². The van der Waals surface area contributed by atoms with Crippen LogP contribution >= 0.6 is 0 Å². The fourth-order valence-electron chi connectivity index (χ4n) is 12.6. The highest BCUT2D eigenvalue weighted by Gasteiger charge is 2.51. The van der Waals surface area contributed by atoms with Crippen LogP contribution in [0.4, 0.5) is 20.3 Å². The van der Waals surface area contributed by atoms with Gasteiger partial charge in [0, 0.05) is 93.6 Å². The van der Waals surface area contributed by atoms with Gasteiger partial charge >= 0.3 is 6.01 Å². The van der Waals surface area contributed by atoms with Gasteiger partial charge in [0.05, 0.1) is 28.7 Å². The number of aromatic nitrogens is 3. The number of hydrogen-bond donors (Lipinski definition) is 3. The number of nitrogens with one attached hydrogen (secondary N) is 2. The first-order valence-corrected chi connectivity index (χ1v) is 27.9. The summed E-state index contributed by atoms with van der Waals surface area (Å²) in [7, 11) is 3.30. The molecule has 0 spiro atoms. The average Bonchev–Trinajstić information content (AvgIpc) is 3.92. The van der Waals surface area contributed by atoms with E-state index in [-0.39, 0.29) is 68.4 Å². The third-order valence-electron chi connectivity index (χ3n) is 16.8. The number of likely N-dealkylation sites (N-methyl/N-ethyl adjacent to an activating group) is 1. The van der Waals surface area contributed by atoms with E-state index in [2.05, 4.69) is 63.3 Å². The molecule has 10 rings (SSSR count). The van der Waals surface area contributed by atoms with E-state index in [0.717, 1.165) is 115 Å². The number of carbonyl (C=O) groups is 4. The van der Waals surface area contributed by atoms with Crippen LogP contribution in [0, 0.1) is 41.7 Å². The Morgan fingerprint density at radius 1 is 1.04 bits per heavy atom. The lowest BCUT2D eigenvalue weighted by Crippen LogP contribution is -2.50. The summed E-state index contributed by atoms with van der Waals surface area (Å²) in [5.74, 6) is 2.34. The molecule has 5 fully saturated rings. The van der Waals surface area contributed by atoms with Crippen LogP contribution in [-0.2, 0) is 14.3 Å². The zero-order valence-corrected chi connectivity index (χ0v) is 46.4. The van der Waals surface area contributed by atoms with Crippen molar-refractivity contribution in [1.29, 1.82) is 0 Å². The number of allylic oxidation sites excluding steroid dienone is 1. The van der Waals surface area contributed by atoms with Gasteiger partial charge in [0.2, 0.25) is 12.3 Å². The predicted molar refractivity (Wildman–Crippen MR) is 305 cm³/mol. The summed E-state index contributed by atoms with van der Waals surface area (Å²) >= 11 is 0. The number of halogens is 2. The van der Waals surface area contributed by atoms with E-state index in [1.165, 1.54) is 29.2 Å². The molecule has 80 heavy (non-hydrogen) atoms. The zero-order valence-electron chi connectivity index (χ0n) is 46.4. The van der Waals surface area contributed by atoms with Gasteiger partial charge < -0.3 is 39.9 Å². The number of ether oxygens (including phenoxy) is 2. The summed E-state index contributed by atoms with van der Waals surface area (Å²) in [6.45, 7) is 18.2. The molecule has 0 saturated carbocycles. The molecule has 3 aromatic carbocycles. The SMILES string of the molecule is C#Cc1c(F)ccc2cc(O)cc(-c3ncc4c(N5CC(C)CCC(C)C5)nc(OC[C@@]56CC[C@@H](COC)N5CC(=C)C6)nc4c3F)c12.C=C1CCC(N(C)C(=O)c2ccc(NCCCC3CCN(C=O)CC3)cc2C=O)C(=O)N1. The van der Waals surface area contributed by atoms with Crippen molar-refractivity contribution in [3.63, 3.8) is 0 Å². The average molecular weight is 1090 g/mol. The maximum Gasteiger partial charge on any atom is 0.319 e. The molecule has 16 nitrogen and oxygen atoms in total. The summed E-state index contributed by atoms with van der Waals surface area (Å²) in [6, 6.07) is 10.4. The number of fused-ring (bicyclic) bond motifs is 3. The number of carbonyl (C=O) groups excluding carboxylic acids is 4. The Kier molecular flexibility index (Phi) is 17.8. The van der Waals surface area contributed by atoms with E-state index in [1.807, 2.05) is 4.90 Å². The fraction of sp³-hybridized carbons (Fsp3) is 0.468. The Labute approximate surface area is 467 Å². The number of pyridine rings is 1. The largest absolute Gasteiger partial charge is 0.508 e. The Morgan fingerprint density at radius 2 is 1.80 bits per heavy atom. The summed E-state index contributed by atoms with van der Waals surface area (Å²) in [5, 5.41) is 17.8. The molecule has 5 saturated heterocycles. The first-order chi connectivity index (χ1) is 38.5. The molecule has 0 bridgehead atoms. The Hall–Kier alpha value is -7.49. The summed E-state index contributed by atoms with van der Waals surface area (Å²) < 4.78 is 43.8. The third-order valence-corrected chi connectivity index (χ3v) is 16.8. The van der Waals surface area contributed by atoms with Crippen LogP contribution in [-0.4, -0.2) is 144 Å². The van der Waals surface area contributed by atoms with Crippen molar-refractivity contribution in [2.75, 3.05) is 76.9 Å². The van der Waals surface area contributed by atoms with E-state index >= 15 is 4.39 Å². The van der Waals surface area contributed by atoms with E-state index < -0.39 is 17.7 Å². The van der Waals surface area contributed by atoms with E-state index in [0.29, 0.717) is 77.9 Å². The van der Waals surface area contributed by atoms with Gasteiger partial charge in [0.25, 0.3) is 5.91 Å². The zero-order chi connectivity index (χ0) is 56.8. The predicted octanol–water partition coefficient (Wildman–Crippen LogP) is 9.29. The molecule has 0 radical (unpaired) electrons. The number of benzene rings is 3. The van der Waals surface area contributed by atoms with Crippen LogP contribution in [0.15, 0.2) is 73.1 Å². The lowest BCUT2D eigenvalue weighted by molar-refractivity contribution is -0.125. The maximum absolute atomic E-state index is 17.0. The number of amides is 3. The monoisotopic (exact) mass is 1090 g/mol. The number of piperidine rings is 2. The second kappa shape index (κ2) is 24.9. The number of nitrogens with zero attached hydrogens (tertiary/aromatic N) is 7. The van der Waals surface area contributed by atoms with Crippen LogP contribution in [0.25, 0.3) is 32.9 Å². The van der Waals surface area contributed by atoms with Crippen molar-refractivity contribution in [3.05, 3.63) is 101 Å². The minimum Gasteiger partial charge on any atom is -0.508 e. The molecule has 3 N–H and O–H groups in total. The molecule has 7 heterocycles. The van der Waals surface area contributed by atoms with Crippen molar-refractivity contribution in [2.24, 2.45) is 17.8 Å². The smallest absolute Gasteiger partial charge is 0.319 e. The van der Waals surface area contributed by atoms with Gasteiger partial charge in [-0.05, 0) is 130 Å². The Morgan fingerprint density at radius 3 is 2.50 bits per heavy atom. The van der Waals surface area contributed by atoms with Crippen LogP contribution in [0.3, 0.4) is 0 Å². The van der Waals surface area contributed by atoms with Crippen molar-refractivity contribution in [3.8, 4) is 35.4 Å². The van der Waals surface area contributed by atoms with Crippen LogP contribution in [0.1, 0.15) is 111 Å². The van der Waals surface area contributed by atoms with Gasteiger partial charge in [0.15, 0.2) is 12.1 Å². The first-order valence-electron chi connectivity index (χ1n) is 27.9. The minimum absolute atomic E-state index is 0.0333. The van der Waals surface area contributed by atoms with E-state index in [1.54, 1.807) is 38.6 Å². The second-order valence-electron chi connectivity index (χ2n) is 22.7. The summed E-state index contributed by atoms with van der Waals surface area (Å²) in [4.78, 5) is 69.6. The molecule has 18 heteroatoms. The lowest BCUT2D eigenvalue weighted by atomic mass is 9.92. The number of aromatic hydroxyl groups is 1. The highest BCUT2D eigenvalue weighted by molar-refractivity contribution is 6.04. The maximum atomic E-state index is 17.0. The van der Waals surface area contributed by atoms with Crippen molar-refractivity contribution >= 4 is 57.7 Å². The number of terminal acetylenes is 1. The Balaban J connectivity index is 0.000000211. The van der Waals surface area contributed by atoms with Gasteiger partial charge in [-0.3, -0.25) is 29.1 Å². The van der Waals surface area contributed by atoms with Gasteiger partial charge in [-0.25, -0.2) is 8.78 Å². The standard InChI is InChI=1S/C38H41F2N5O3.C24H32N4O4/c1-6-28-31(39)10-9-25-13-27(46)14-29(32(25)28)34-33(40)35-30(16-41-34)36(44-17-22(2)7-8-23(3)18-44)43-37(42-35)48-21-38-12-11-26(20-47-5)45(38)19-24(4)15-38;1-17-5-8-22(23(31)26-17)27(2)24(32)21-7-6-20(14-19(21)15-29)25-11-3-4-18-9-12-28(16-30)13-10-18/h1,9-10,13-14,16,22-23,26,46H,4,7-8,11-12,15,17-21H2,2-3,5H3;6-7,14-16,18,22,25H,1,3-5,8-13H2,2H3,(H,26,31)/t22?,23?,26-,38-;/m0./s1. The Bertz CT molecular complexity index is 3220. The molecule has 422 valence electrons. The number of phenols is 1. The number of aldehydes is 1. The van der Waals surface area contributed by atoms with Gasteiger partial charge in [-0.2, -0.15) is 9.97 Å². The van der Waals surface area contributed by atoms with Crippen molar-refractivity contribution < 1.29 is 42.5 Å².